The first-order valence-electron chi connectivity index (χ1n) is 4.92. The number of hydrogen-bond donors (Lipinski definition) is 3. The number of hydrogen-bond acceptors (Lipinski definition) is 4. The van der Waals surface area contributed by atoms with Crippen molar-refractivity contribution in [2.75, 3.05) is 26.3 Å². The molecular formula is C9H18N2O3. The first kappa shape index (κ1) is 11.4. The molecule has 0 bridgehead atoms. The van der Waals surface area contributed by atoms with E-state index in [1.807, 2.05) is 0 Å². The second-order valence-electron chi connectivity index (χ2n) is 3.73. The molecule has 5 nitrogen and oxygen atoms in total. The summed E-state index contributed by atoms with van der Waals surface area (Å²) in [4.78, 5) is 10.4. The van der Waals surface area contributed by atoms with Gasteiger partial charge in [-0.15, -0.1) is 0 Å². The molecule has 14 heavy (non-hydrogen) atoms. The Bertz CT molecular complexity index is 190. The van der Waals surface area contributed by atoms with Gasteiger partial charge < -0.3 is 20.9 Å². The molecule has 0 atom stereocenters. The standard InChI is InChI=1S/C9H18N2O3/c10-8(12)1-4-11-7-9(13)2-5-14-6-3-9/h11,13H,1-7H2,(H2,10,12). The van der Waals surface area contributed by atoms with Crippen LogP contribution in [0.1, 0.15) is 19.3 Å². The highest BCUT2D eigenvalue weighted by molar-refractivity contribution is 5.73. The highest BCUT2D eigenvalue weighted by atomic mass is 16.5. The second-order valence-corrected chi connectivity index (χ2v) is 3.73. The zero-order chi connectivity index (χ0) is 10.4. The Balaban J connectivity index is 2.12. The molecule has 0 aliphatic carbocycles. The number of carbonyl (C=O) groups excluding carboxylic acids is 1. The van der Waals surface area contributed by atoms with Crippen LogP contribution >= 0.6 is 0 Å². The maximum absolute atomic E-state index is 10.4. The van der Waals surface area contributed by atoms with E-state index in [0.29, 0.717) is 45.6 Å². The van der Waals surface area contributed by atoms with E-state index in [-0.39, 0.29) is 5.91 Å². The van der Waals surface area contributed by atoms with Crippen LogP contribution in [0, 0.1) is 0 Å². The zero-order valence-electron chi connectivity index (χ0n) is 8.29. The Kier molecular flexibility index (Phi) is 4.31. The van der Waals surface area contributed by atoms with Crippen molar-refractivity contribution in [1.82, 2.24) is 5.32 Å². The normalized spacial score (nSPS) is 20.6. The third-order valence-corrected chi connectivity index (χ3v) is 2.43. The third-order valence-electron chi connectivity index (χ3n) is 2.43. The fourth-order valence-corrected chi connectivity index (χ4v) is 1.46. The maximum Gasteiger partial charge on any atom is 0.218 e. The summed E-state index contributed by atoms with van der Waals surface area (Å²) in [6.07, 6.45) is 1.61. The van der Waals surface area contributed by atoms with E-state index in [9.17, 15) is 9.90 Å². The Morgan fingerprint density at radius 1 is 1.50 bits per heavy atom. The molecule has 82 valence electrons. The molecule has 0 spiro atoms. The van der Waals surface area contributed by atoms with Crippen LogP contribution < -0.4 is 11.1 Å². The first-order chi connectivity index (χ1) is 6.62. The second kappa shape index (κ2) is 5.29. The predicted molar refractivity (Wildman–Crippen MR) is 51.7 cm³/mol. The highest BCUT2D eigenvalue weighted by Crippen LogP contribution is 2.18. The minimum Gasteiger partial charge on any atom is -0.388 e. The zero-order valence-corrected chi connectivity index (χ0v) is 8.29. The van der Waals surface area contributed by atoms with Gasteiger partial charge in [-0.25, -0.2) is 0 Å². The molecule has 1 heterocycles. The predicted octanol–water partition coefficient (Wildman–Crippen LogP) is -1.01. The number of carbonyl (C=O) groups is 1. The van der Waals surface area contributed by atoms with E-state index < -0.39 is 5.60 Å². The number of nitrogens with two attached hydrogens (primary N) is 1. The molecule has 0 saturated carbocycles. The Labute approximate surface area is 83.6 Å². The number of ether oxygens (including phenoxy) is 1. The molecule has 0 unspecified atom stereocenters. The third kappa shape index (κ3) is 4.04. The summed E-state index contributed by atoms with van der Waals surface area (Å²) >= 11 is 0. The van der Waals surface area contributed by atoms with Crippen molar-refractivity contribution in [3.8, 4) is 0 Å². The average molecular weight is 202 g/mol. The van der Waals surface area contributed by atoms with E-state index in [1.54, 1.807) is 0 Å². The molecule has 0 aromatic heterocycles. The van der Waals surface area contributed by atoms with Gasteiger partial charge in [0.1, 0.15) is 0 Å². The van der Waals surface area contributed by atoms with Crippen molar-refractivity contribution in [2.45, 2.75) is 24.9 Å². The number of aliphatic hydroxyl groups is 1. The summed E-state index contributed by atoms with van der Waals surface area (Å²) in [7, 11) is 0. The van der Waals surface area contributed by atoms with E-state index in [1.165, 1.54) is 0 Å². The minimum absolute atomic E-state index is 0.312. The Morgan fingerprint density at radius 3 is 2.71 bits per heavy atom. The number of amides is 1. The largest absolute Gasteiger partial charge is 0.388 e. The lowest BCUT2D eigenvalue weighted by atomic mass is 9.94. The van der Waals surface area contributed by atoms with Gasteiger partial charge in [-0.05, 0) is 0 Å². The summed E-state index contributed by atoms with van der Waals surface area (Å²) in [5.74, 6) is -0.323. The molecule has 1 aliphatic rings. The van der Waals surface area contributed by atoms with Gasteiger partial charge in [0.15, 0.2) is 0 Å². The van der Waals surface area contributed by atoms with Crippen LogP contribution in [0.3, 0.4) is 0 Å². The topological polar surface area (TPSA) is 84.6 Å². The number of rotatable bonds is 5. The maximum atomic E-state index is 10.4. The first-order valence-corrected chi connectivity index (χ1v) is 4.92. The van der Waals surface area contributed by atoms with Gasteiger partial charge in [0.25, 0.3) is 0 Å². The molecule has 4 N–H and O–H groups in total. The molecular weight excluding hydrogens is 184 g/mol. The van der Waals surface area contributed by atoms with Gasteiger partial charge in [-0.3, -0.25) is 4.79 Å². The molecule has 1 saturated heterocycles. The molecule has 5 heteroatoms. The van der Waals surface area contributed by atoms with Crippen LogP contribution in [0.4, 0.5) is 0 Å². The summed E-state index contributed by atoms with van der Waals surface area (Å²) in [5, 5.41) is 13.0. The van der Waals surface area contributed by atoms with Gasteiger partial charge in [-0.2, -0.15) is 0 Å². The number of primary amides is 1. The molecule has 1 aliphatic heterocycles. The monoisotopic (exact) mass is 202 g/mol. The summed E-state index contributed by atoms with van der Waals surface area (Å²) in [5.41, 5.74) is 4.31. The van der Waals surface area contributed by atoms with Gasteiger partial charge in [0.2, 0.25) is 5.91 Å². The van der Waals surface area contributed by atoms with Crippen LogP contribution in [-0.2, 0) is 9.53 Å². The van der Waals surface area contributed by atoms with Crippen molar-refractivity contribution in [2.24, 2.45) is 5.73 Å². The van der Waals surface area contributed by atoms with Crippen molar-refractivity contribution in [1.29, 1.82) is 0 Å². The van der Waals surface area contributed by atoms with Crippen LogP contribution in [-0.4, -0.2) is 42.9 Å². The molecule has 1 rings (SSSR count). The summed E-state index contributed by atoms with van der Waals surface area (Å²) in [6.45, 7) is 2.24. The van der Waals surface area contributed by atoms with Crippen LogP contribution in [0.5, 0.6) is 0 Å². The van der Waals surface area contributed by atoms with Crippen LogP contribution in [0.15, 0.2) is 0 Å². The van der Waals surface area contributed by atoms with E-state index in [0.717, 1.165) is 0 Å². The molecule has 1 fully saturated rings. The van der Waals surface area contributed by atoms with Crippen molar-refractivity contribution in [3.05, 3.63) is 0 Å². The van der Waals surface area contributed by atoms with Crippen LogP contribution in [0.25, 0.3) is 0 Å². The minimum atomic E-state index is -0.671. The van der Waals surface area contributed by atoms with Gasteiger partial charge in [0.05, 0.1) is 5.60 Å². The SMILES string of the molecule is NC(=O)CCNCC1(O)CCOCC1. The average Bonchev–Trinajstić information content (AvgIpc) is 2.14. The quantitative estimate of drug-likeness (QED) is 0.499. The van der Waals surface area contributed by atoms with Crippen molar-refractivity contribution in [3.63, 3.8) is 0 Å². The molecule has 0 aromatic carbocycles. The van der Waals surface area contributed by atoms with E-state index in [2.05, 4.69) is 5.32 Å². The fourth-order valence-electron chi connectivity index (χ4n) is 1.46. The van der Waals surface area contributed by atoms with E-state index >= 15 is 0 Å². The Morgan fingerprint density at radius 2 is 2.14 bits per heavy atom. The van der Waals surface area contributed by atoms with Gasteiger partial charge in [-0.1, -0.05) is 0 Å². The Hall–Kier alpha value is -0.650. The molecule has 0 aromatic rings. The van der Waals surface area contributed by atoms with Crippen molar-refractivity contribution >= 4 is 5.91 Å². The smallest absolute Gasteiger partial charge is 0.218 e. The lowest BCUT2D eigenvalue weighted by Crippen LogP contribution is -2.45. The molecule has 0 radical (unpaired) electrons. The van der Waals surface area contributed by atoms with Crippen molar-refractivity contribution < 1.29 is 14.6 Å². The lowest BCUT2D eigenvalue weighted by molar-refractivity contribution is -0.118. The highest BCUT2D eigenvalue weighted by Gasteiger charge is 2.28. The lowest BCUT2D eigenvalue weighted by Gasteiger charge is -2.32. The number of nitrogens with one attached hydrogen (secondary N) is 1. The summed E-state index contributed by atoms with van der Waals surface area (Å²) in [6, 6.07) is 0. The summed E-state index contributed by atoms with van der Waals surface area (Å²) < 4.78 is 5.15. The van der Waals surface area contributed by atoms with Crippen LogP contribution in [0.2, 0.25) is 0 Å². The van der Waals surface area contributed by atoms with Gasteiger partial charge in [0, 0.05) is 45.6 Å². The molecule has 1 amide bonds. The van der Waals surface area contributed by atoms with E-state index in [4.69, 9.17) is 10.5 Å². The fraction of sp³-hybridized carbons (Fsp3) is 0.889. The van der Waals surface area contributed by atoms with Gasteiger partial charge >= 0.3 is 0 Å².